The number of carboxylic acid groups (broad SMARTS) is 1. The molecule has 0 aliphatic heterocycles. The van der Waals surface area contributed by atoms with Crippen molar-refractivity contribution in [3.63, 3.8) is 0 Å². The number of halogens is 1. The highest BCUT2D eigenvalue weighted by atomic mass is 79.9. The molecule has 2 aromatic rings. The van der Waals surface area contributed by atoms with Crippen molar-refractivity contribution in [1.82, 2.24) is 10.3 Å². The summed E-state index contributed by atoms with van der Waals surface area (Å²) in [5, 5.41) is 12.7. The van der Waals surface area contributed by atoms with Gasteiger partial charge in [-0.3, -0.25) is 4.79 Å². The van der Waals surface area contributed by atoms with Crippen LogP contribution in [-0.2, 0) is 4.79 Å². The monoisotopic (exact) mass is 336 g/mol. The SMILES string of the molecule is O=C(NC1(C(=O)O)CCC1)c1c[nH]c2cccc(Br)c12. The number of hydrogen-bond donors (Lipinski definition) is 3. The van der Waals surface area contributed by atoms with E-state index in [4.69, 9.17) is 0 Å². The number of carbonyl (C=O) groups is 2. The first-order chi connectivity index (χ1) is 9.53. The topological polar surface area (TPSA) is 82.2 Å². The summed E-state index contributed by atoms with van der Waals surface area (Å²) < 4.78 is 0.805. The lowest BCUT2D eigenvalue weighted by Gasteiger charge is -2.38. The second kappa shape index (κ2) is 4.63. The maximum Gasteiger partial charge on any atom is 0.329 e. The number of hydrogen-bond acceptors (Lipinski definition) is 2. The van der Waals surface area contributed by atoms with E-state index in [2.05, 4.69) is 26.2 Å². The summed E-state index contributed by atoms with van der Waals surface area (Å²) in [7, 11) is 0. The molecular formula is C14H13BrN2O3. The van der Waals surface area contributed by atoms with Crippen LogP contribution in [-0.4, -0.2) is 27.5 Å². The van der Waals surface area contributed by atoms with Crippen molar-refractivity contribution in [3.05, 3.63) is 34.4 Å². The maximum absolute atomic E-state index is 12.4. The Balaban J connectivity index is 1.95. The van der Waals surface area contributed by atoms with Crippen LogP contribution in [0.2, 0.25) is 0 Å². The number of rotatable bonds is 3. The van der Waals surface area contributed by atoms with Crippen LogP contribution in [0.4, 0.5) is 0 Å². The summed E-state index contributed by atoms with van der Waals surface area (Å²) in [5.74, 6) is -1.32. The summed E-state index contributed by atoms with van der Waals surface area (Å²) >= 11 is 3.42. The number of fused-ring (bicyclic) bond motifs is 1. The van der Waals surface area contributed by atoms with Crippen LogP contribution in [0.3, 0.4) is 0 Å². The fourth-order valence-corrected chi connectivity index (χ4v) is 3.11. The Hall–Kier alpha value is -1.82. The molecule has 104 valence electrons. The first-order valence-electron chi connectivity index (χ1n) is 6.35. The van der Waals surface area contributed by atoms with Gasteiger partial charge in [-0.05, 0) is 31.4 Å². The highest BCUT2D eigenvalue weighted by Gasteiger charge is 2.46. The van der Waals surface area contributed by atoms with E-state index < -0.39 is 11.5 Å². The molecule has 1 saturated carbocycles. The number of benzene rings is 1. The van der Waals surface area contributed by atoms with Crippen molar-refractivity contribution in [1.29, 1.82) is 0 Å². The first kappa shape index (κ1) is 13.2. The van der Waals surface area contributed by atoms with Crippen molar-refractivity contribution in [2.24, 2.45) is 0 Å². The number of amides is 1. The molecule has 20 heavy (non-hydrogen) atoms. The van der Waals surface area contributed by atoms with Crippen LogP contribution >= 0.6 is 15.9 Å². The number of nitrogens with one attached hydrogen (secondary N) is 2. The molecule has 1 aliphatic carbocycles. The van der Waals surface area contributed by atoms with Gasteiger partial charge in [0.2, 0.25) is 0 Å². The minimum atomic E-state index is -1.10. The van der Waals surface area contributed by atoms with Gasteiger partial charge in [-0.25, -0.2) is 4.79 Å². The van der Waals surface area contributed by atoms with Crippen molar-refractivity contribution in [2.45, 2.75) is 24.8 Å². The summed E-state index contributed by atoms with van der Waals surface area (Å²) in [6.45, 7) is 0. The zero-order valence-electron chi connectivity index (χ0n) is 10.6. The highest BCUT2D eigenvalue weighted by molar-refractivity contribution is 9.10. The van der Waals surface area contributed by atoms with Crippen LogP contribution < -0.4 is 5.32 Å². The van der Waals surface area contributed by atoms with Gasteiger partial charge in [0.05, 0.1) is 5.56 Å². The average Bonchev–Trinajstić information content (AvgIpc) is 2.78. The molecule has 0 atom stereocenters. The van der Waals surface area contributed by atoms with Crippen LogP contribution in [0.1, 0.15) is 29.6 Å². The molecule has 1 fully saturated rings. The zero-order chi connectivity index (χ0) is 14.3. The second-order valence-electron chi connectivity index (χ2n) is 5.06. The van der Waals surface area contributed by atoms with E-state index in [1.54, 1.807) is 6.20 Å². The largest absolute Gasteiger partial charge is 0.480 e. The highest BCUT2D eigenvalue weighted by Crippen LogP contribution is 2.33. The lowest BCUT2D eigenvalue weighted by atomic mass is 9.76. The van der Waals surface area contributed by atoms with Crippen LogP contribution in [0, 0.1) is 0 Å². The van der Waals surface area contributed by atoms with E-state index in [0.717, 1.165) is 21.8 Å². The molecular weight excluding hydrogens is 324 g/mol. The number of carbonyl (C=O) groups excluding carboxylic acids is 1. The van der Waals surface area contributed by atoms with E-state index >= 15 is 0 Å². The number of carboxylic acids is 1. The van der Waals surface area contributed by atoms with Crippen molar-refractivity contribution < 1.29 is 14.7 Å². The fraction of sp³-hybridized carbons (Fsp3) is 0.286. The van der Waals surface area contributed by atoms with E-state index in [1.807, 2.05) is 18.2 Å². The third-order valence-electron chi connectivity index (χ3n) is 3.87. The molecule has 1 aromatic heterocycles. The predicted octanol–water partition coefficient (Wildman–Crippen LogP) is 2.67. The third-order valence-corrected chi connectivity index (χ3v) is 4.53. The number of aromatic nitrogens is 1. The average molecular weight is 337 g/mol. The van der Waals surface area contributed by atoms with Gasteiger partial charge < -0.3 is 15.4 Å². The molecule has 5 nitrogen and oxygen atoms in total. The van der Waals surface area contributed by atoms with Crippen molar-refractivity contribution in [3.8, 4) is 0 Å². The Bertz CT molecular complexity index is 704. The van der Waals surface area contributed by atoms with Gasteiger partial charge in [0.15, 0.2) is 0 Å². The van der Waals surface area contributed by atoms with Gasteiger partial charge in [-0.15, -0.1) is 0 Å². The Morgan fingerprint density at radius 3 is 2.70 bits per heavy atom. The number of H-pyrrole nitrogens is 1. The molecule has 0 saturated heterocycles. The Morgan fingerprint density at radius 2 is 2.10 bits per heavy atom. The summed E-state index contributed by atoms with van der Waals surface area (Å²) in [5.41, 5.74) is 0.199. The zero-order valence-corrected chi connectivity index (χ0v) is 12.2. The van der Waals surface area contributed by atoms with Gasteiger partial charge in [-0.1, -0.05) is 22.0 Å². The van der Waals surface area contributed by atoms with Gasteiger partial charge in [0.1, 0.15) is 5.54 Å². The summed E-state index contributed by atoms with van der Waals surface area (Å²) in [4.78, 5) is 26.7. The van der Waals surface area contributed by atoms with Gasteiger partial charge in [0.25, 0.3) is 5.91 Å². The minimum absolute atomic E-state index is 0.356. The van der Waals surface area contributed by atoms with Gasteiger partial charge in [0, 0.05) is 21.6 Å². The second-order valence-corrected chi connectivity index (χ2v) is 5.91. The predicted molar refractivity (Wildman–Crippen MR) is 77.7 cm³/mol. The van der Waals surface area contributed by atoms with E-state index in [-0.39, 0.29) is 5.91 Å². The van der Waals surface area contributed by atoms with Crippen molar-refractivity contribution >= 4 is 38.7 Å². The molecule has 3 N–H and O–H groups in total. The number of aliphatic carboxylic acids is 1. The lowest BCUT2D eigenvalue weighted by Crippen LogP contribution is -2.59. The Kier molecular flexibility index (Phi) is 3.05. The summed E-state index contributed by atoms with van der Waals surface area (Å²) in [6.07, 6.45) is 3.40. The smallest absolute Gasteiger partial charge is 0.329 e. The molecule has 0 unspecified atom stereocenters. The standard InChI is InChI=1S/C14H13BrN2O3/c15-9-3-1-4-10-11(9)8(7-16-10)12(18)17-14(13(19)20)5-2-6-14/h1,3-4,7,16H,2,5-6H2,(H,17,18)(H,19,20). The van der Waals surface area contributed by atoms with E-state index in [9.17, 15) is 14.7 Å². The molecule has 1 aromatic carbocycles. The van der Waals surface area contributed by atoms with Crippen molar-refractivity contribution in [2.75, 3.05) is 0 Å². The molecule has 0 spiro atoms. The van der Waals surface area contributed by atoms with E-state index in [1.165, 1.54) is 0 Å². The molecule has 0 bridgehead atoms. The molecule has 6 heteroatoms. The van der Waals surface area contributed by atoms with Crippen LogP contribution in [0.25, 0.3) is 10.9 Å². The Morgan fingerprint density at radius 1 is 1.35 bits per heavy atom. The van der Waals surface area contributed by atoms with E-state index in [0.29, 0.717) is 18.4 Å². The maximum atomic E-state index is 12.4. The van der Waals surface area contributed by atoms with Gasteiger partial charge in [-0.2, -0.15) is 0 Å². The first-order valence-corrected chi connectivity index (χ1v) is 7.14. The van der Waals surface area contributed by atoms with Crippen LogP contribution in [0.15, 0.2) is 28.9 Å². The molecule has 1 aliphatic rings. The van der Waals surface area contributed by atoms with Gasteiger partial charge >= 0.3 is 5.97 Å². The quantitative estimate of drug-likeness (QED) is 0.805. The summed E-state index contributed by atoms with van der Waals surface area (Å²) in [6, 6.07) is 5.59. The lowest BCUT2D eigenvalue weighted by molar-refractivity contribution is -0.148. The third kappa shape index (κ3) is 1.91. The molecule has 0 radical (unpaired) electrons. The minimum Gasteiger partial charge on any atom is -0.480 e. The number of aromatic amines is 1. The fourth-order valence-electron chi connectivity index (χ4n) is 2.53. The Labute approximate surface area is 123 Å². The normalized spacial score (nSPS) is 16.6. The molecule has 3 rings (SSSR count). The molecule has 1 amide bonds. The molecule has 1 heterocycles. The van der Waals surface area contributed by atoms with Crippen LogP contribution in [0.5, 0.6) is 0 Å².